The van der Waals surface area contributed by atoms with Crippen molar-refractivity contribution in [1.82, 2.24) is 0 Å². The summed E-state index contributed by atoms with van der Waals surface area (Å²) >= 11 is 0. The third kappa shape index (κ3) is 4.53. The fourth-order valence-corrected chi connectivity index (χ4v) is 8.98. The molecule has 0 bridgehead atoms. The summed E-state index contributed by atoms with van der Waals surface area (Å²) < 4.78 is 13.7. The Morgan fingerprint density at radius 3 is 1.50 bits per heavy atom. The van der Waals surface area contributed by atoms with Gasteiger partial charge in [-0.2, -0.15) is 0 Å². The molecule has 0 radical (unpaired) electrons. The number of benzene rings is 10. The Morgan fingerprint density at radius 1 is 0.321 bits per heavy atom. The van der Waals surface area contributed by atoms with Crippen molar-refractivity contribution >= 4 is 98.9 Å². The summed E-state index contributed by atoms with van der Waals surface area (Å²) in [4.78, 5) is 0. The zero-order valence-electron chi connectivity index (χ0n) is 30.1. The highest BCUT2D eigenvalue weighted by Crippen LogP contribution is 2.54. The van der Waals surface area contributed by atoms with Crippen molar-refractivity contribution in [2.45, 2.75) is 0 Å². The minimum absolute atomic E-state index is 0.852. The minimum atomic E-state index is 0.852. The number of rotatable bonds is 6. The Kier molecular flexibility index (Phi) is 6.60. The normalized spacial score (nSPS) is 11.9. The molecule has 0 aliphatic carbocycles. The van der Waals surface area contributed by atoms with Gasteiger partial charge in [-0.3, -0.25) is 0 Å². The summed E-state index contributed by atoms with van der Waals surface area (Å²) in [6, 6.07) is 64.2. The molecule has 0 aliphatic rings. The van der Waals surface area contributed by atoms with Crippen molar-refractivity contribution in [3.63, 3.8) is 0 Å². The van der Waals surface area contributed by atoms with Gasteiger partial charge in [0.25, 0.3) is 0 Å². The lowest BCUT2D eigenvalue weighted by Crippen LogP contribution is -2.01. The summed E-state index contributed by atoms with van der Waals surface area (Å²) in [5.41, 5.74) is 11.7. The fraction of sp³-hybridized carbons (Fsp3) is 0. The molecule has 12 aromatic rings. The molecular weight excluding hydrogens is 685 g/mol. The lowest BCUT2D eigenvalue weighted by molar-refractivity contribution is 0.669. The molecule has 2 aromatic heterocycles. The van der Waals surface area contributed by atoms with E-state index in [1.54, 1.807) is 0 Å². The maximum atomic E-state index is 6.84. The predicted molar refractivity (Wildman–Crippen MR) is 235 cm³/mol. The number of hydrogen-bond donors (Lipinski definition) is 2. The van der Waals surface area contributed by atoms with Crippen LogP contribution in [0.25, 0.3) is 98.4 Å². The molecule has 262 valence electrons. The summed E-state index contributed by atoms with van der Waals surface area (Å²) in [6.07, 6.45) is 0. The average Bonchev–Trinajstić information content (AvgIpc) is 3.83. The van der Waals surface area contributed by atoms with Crippen LogP contribution in [0.15, 0.2) is 191 Å². The van der Waals surface area contributed by atoms with Crippen molar-refractivity contribution in [2.75, 3.05) is 10.6 Å². The van der Waals surface area contributed by atoms with Gasteiger partial charge < -0.3 is 19.5 Å². The molecule has 4 heteroatoms. The van der Waals surface area contributed by atoms with Crippen LogP contribution in [-0.2, 0) is 0 Å². The van der Waals surface area contributed by atoms with Gasteiger partial charge in [-0.05, 0) is 58.6 Å². The number of nitrogens with one attached hydrogen (secondary N) is 2. The monoisotopic (exact) mass is 716 g/mol. The first kappa shape index (κ1) is 30.9. The molecule has 0 amide bonds. The topological polar surface area (TPSA) is 50.3 Å². The third-order valence-corrected chi connectivity index (χ3v) is 11.4. The maximum Gasteiger partial charge on any atom is 0.143 e. The van der Waals surface area contributed by atoms with E-state index in [0.717, 1.165) is 105 Å². The van der Waals surface area contributed by atoms with E-state index in [4.69, 9.17) is 8.83 Å². The summed E-state index contributed by atoms with van der Waals surface area (Å²) in [5.74, 6) is 0. The Bertz CT molecular complexity index is 3470. The van der Waals surface area contributed by atoms with Crippen LogP contribution in [0.1, 0.15) is 0 Å². The van der Waals surface area contributed by atoms with Gasteiger partial charge in [0.2, 0.25) is 0 Å². The zero-order chi connectivity index (χ0) is 36.7. The van der Waals surface area contributed by atoms with Gasteiger partial charge in [-0.25, -0.2) is 0 Å². The van der Waals surface area contributed by atoms with E-state index in [2.05, 4.69) is 174 Å². The van der Waals surface area contributed by atoms with Gasteiger partial charge >= 0.3 is 0 Å². The zero-order valence-corrected chi connectivity index (χ0v) is 30.1. The first-order valence-corrected chi connectivity index (χ1v) is 19.0. The summed E-state index contributed by atoms with van der Waals surface area (Å²) in [6.45, 7) is 0. The van der Waals surface area contributed by atoms with Crippen molar-refractivity contribution in [2.24, 2.45) is 0 Å². The summed E-state index contributed by atoms with van der Waals surface area (Å²) in [7, 11) is 0. The third-order valence-electron chi connectivity index (χ3n) is 11.4. The molecule has 2 N–H and O–H groups in total. The van der Waals surface area contributed by atoms with Gasteiger partial charge in [0.1, 0.15) is 22.3 Å². The molecule has 0 spiro atoms. The lowest BCUT2D eigenvalue weighted by atomic mass is 9.82. The Morgan fingerprint density at radius 2 is 0.839 bits per heavy atom. The van der Waals surface area contributed by atoms with E-state index in [-0.39, 0.29) is 0 Å². The van der Waals surface area contributed by atoms with Gasteiger partial charge in [-0.15, -0.1) is 0 Å². The van der Waals surface area contributed by atoms with E-state index in [1.165, 1.54) is 16.2 Å². The van der Waals surface area contributed by atoms with E-state index >= 15 is 0 Å². The van der Waals surface area contributed by atoms with Crippen LogP contribution < -0.4 is 10.6 Å². The van der Waals surface area contributed by atoms with Crippen molar-refractivity contribution < 1.29 is 8.83 Å². The van der Waals surface area contributed by atoms with Crippen molar-refractivity contribution in [3.8, 4) is 22.3 Å². The summed E-state index contributed by atoms with van der Waals surface area (Å²) in [5, 5.41) is 19.1. The Balaban J connectivity index is 1.28. The Hall–Kier alpha value is -7.56. The smallest absolute Gasteiger partial charge is 0.143 e. The molecule has 0 saturated carbocycles. The number of para-hydroxylation sites is 6. The maximum absolute atomic E-state index is 6.84. The van der Waals surface area contributed by atoms with Gasteiger partial charge in [0.15, 0.2) is 0 Å². The van der Waals surface area contributed by atoms with Gasteiger partial charge in [0, 0.05) is 77.0 Å². The van der Waals surface area contributed by atoms with Crippen molar-refractivity contribution in [1.29, 1.82) is 0 Å². The van der Waals surface area contributed by atoms with E-state index < -0.39 is 0 Å². The van der Waals surface area contributed by atoms with Gasteiger partial charge in [-0.1, -0.05) is 140 Å². The van der Waals surface area contributed by atoms with Crippen LogP contribution in [0.2, 0.25) is 0 Å². The van der Waals surface area contributed by atoms with Crippen LogP contribution in [0.5, 0.6) is 0 Å². The quantitative estimate of drug-likeness (QED) is 0.168. The Labute approximate surface area is 321 Å². The van der Waals surface area contributed by atoms with E-state index in [1.807, 2.05) is 18.2 Å². The van der Waals surface area contributed by atoms with Crippen LogP contribution in [0.4, 0.5) is 22.7 Å². The molecule has 0 fully saturated rings. The van der Waals surface area contributed by atoms with Gasteiger partial charge in [0.05, 0.1) is 5.69 Å². The molecule has 0 unspecified atom stereocenters. The molecule has 10 aromatic carbocycles. The predicted octanol–water partition coefficient (Wildman–Crippen LogP) is 15.2. The fourth-order valence-electron chi connectivity index (χ4n) is 8.98. The SMILES string of the molecule is c1ccc(Nc2ccc3ccc4c(Nc5ccccc5)c(-c5cccc6c5oc5ccccc56)c(-c5cccc6c5oc5ccccc56)c5ccc2c3c45)cc1. The number of anilines is 4. The van der Waals surface area contributed by atoms with Crippen LogP contribution in [0, 0.1) is 0 Å². The molecule has 2 heterocycles. The van der Waals surface area contributed by atoms with Crippen molar-refractivity contribution in [3.05, 3.63) is 182 Å². The molecule has 0 aliphatic heterocycles. The standard InChI is InChI=1S/C52H32N2O2/c1-3-13-32(14-4-1)53-43-30-26-31-25-27-40-47-39(29-28-38(43)46(31)47)48(41-21-11-19-36-34-17-7-9-23-44(34)55-51(36)41)49(50(40)54-33-15-5-2-6-16-33)42-22-12-20-37-35-18-8-10-24-45(35)56-52(37)42/h1-30,53-54H. The second kappa shape index (κ2) is 12.0. The van der Waals surface area contributed by atoms with Crippen LogP contribution >= 0.6 is 0 Å². The molecule has 4 nitrogen and oxygen atoms in total. The molecule has 12 rings (SSSR count). The highest BCUT2D eigenvalue weighted by Gasteiger charge is 2.27. The lowest BCUT2D eigenvalue weighted by Gasteiger charge is -2.24. The highest BCUT2D eigenvalue weighted by molar-refractivity contribution is 6.34. The van der Waals surface area contributed by atoms with E-state index in [0.29, 0.717) is 0 Å². The highest BCUT2D eigenvalue weighted by atomic mass is 16.3. The van der Waals surface area contributed by atoms with Crippen LogP contribution in [0.3, 0.4) is 0 Å². The minimum Gasteiger partial charge on any atom is -0.455 e. The molecular formula is C52H32N2O2. The second-order valence-electron chi connectivity index (χ2n) is 14.5. The first-order valence-electron chi connectivity index (χ1n) is 19.0. The number of furan rings is 2. The molecule has 56 heavy (non-hydrogen) atoms. The second-order valence-corrected chi connectivity index (χ2v) is 14.5. The average molecular weight is 717 g/mol. The molecule has 0 atom stereocenters. The molecule has 0 saturated heterocycles. The van der Waals surface area contributed by atoms with Crippen LogP contribution in [-0.4, -0.2) is 0 Å². The first-order chi connectivity index (χ1) is 27.8. The van der Waals surface area contributed by atoms with E-state index in [9.17, 15) is 0 Å². The largest absolute Gasteiger partial charge is 0.455 e. The number of hydrogen-bond acceptors (Lipinski definition) is 4. The number of fused-ring (bicyclic) bond motifs is 6.